The second-order valence-corrected chi connectivity index (χ2v) is 7.60. The molecule has 0 radical (unpaired) electrons. The van der Waals surface area contributed by atoms with Gasteiger partial charge in [0.25, 0.3) is 5.91 Å². The third-order valence-corrected chi connectivity index (χ3v) is 5.40. The number of nitrogens with zero attached hydrogens (tertiary/aromatic N) is 1. The van der Waals surface area contributed by atoms with Crippen LogP contribution in [0.1, 0.15) is 28.4 Å². The van der Waals surface area contributed by atoms with E-state index in [2.05, 4.69) is 21.7 Å². The third kappa shape index (κ3) is 4.89. The van der Waals surface area contributed by atoms with Crippen molar-refractivity contribution in [3.63, 3.8) is 0 Å². The molecule has 0 aliphatic heterocycles. The van der Waals surface area contributed by atoms with E-state index in [4.69, 9.17) is 4.42 Å². The van der Waals surface area contributed by atoms with Crippen molar-refractivity contribution in [3.8, 4) is 0 Å². The van der Waals surface area contributed by atoms with E-state index in [9.17, 15) is 9.59 Å². The maximum atomic E-state index is 12.2. The average molecular weight is 405 g/mol. The molecule has 0 atom stereocenters. The topological polar surface area (TPSA) is 84.2 Å². The SMILES string of the molecule is O=C(CCCc1nc2ccccc2s1)Nc1ccc(NC(=O)c2ccco2)cc1. The molecule has 6 nitrogen and oxygen atoms in total. The minimum atomic E-state index is -0.318. The van der Waals surface area contributed by atoms with Crippen LogP contribution < -0.4 is 10.6 Å². The fourth-order valence-electron chi connectivity index (χ4n) is 2.89. The summed E-state index contributed by atoms with van der Waals surface area (Å²) in [6, 6.07) is 18.3. The summed E-state index contributed by atoms with van der Waals surface area (Å²) in [5.74, 6) is -0.115. The first-order valence-electron chi connectivity index (χ1n) is 9.26. The van der Waals surface area contributed by atoms with Crippen molar-refractivity contribution in [1.29, 1.82) is 0 Å². The zero-order valence-corrected chi connectivity index (χ0v) is 16.4. The number of hydrogen-bond donors (Lipinski definition) is 2. The molecule has 4 aromatic rings. The van der Waals surface area contributed by atoms with Crippen molar-refractivity contribution in [2.45, 2.75) is 19.3 Å². The zero-order chi connectivity index (χ0) is 20.1. The van der Waals surface area contributed by atoms with Crippen LogP contribution in [-0.4, -0.2) is 16.8 Å². The maximum absolute atomic E-state index is 12.2. The van der Waals surface area contributed by atoms with Gasteiger partial charge in [0.2, 0.25) is 5.91 Å². The first-order chi connectivity index (χ1) is 14.2. The van der Waals surface area contributed by atoms with Crippen LogP contribution >= 0.6 is 11.3 Å². The Balaban J connectivity index is 1.24. The van der Waals surface area contributed by atoms with E-state index in [0.717, 1.165) is 23.4 Å². The number of fused-ring (bicyclic) bond motifs is 1. The quantitative estimate of drug-likeness (QED) is 0.448. The van der Waals surface area contributed by atoms with Crippen LogP contribution in [-0.2, 0) is 11.2 Å². The molecule has 0 spiro atoms. The van der Waals surface area contributed by atoms with E-state index in [-0.39, 0.29) is 17.6 Å². The number of hydrogen-bond acceptors (Lipinski definition) is 5. The fourth-order valence-corrected chi connectivity index (χ4v) is 3.90. The number of anilines is 2. The number of nitrogens with one attached hydrogen (secondary N) is 2. The lowest BCUT2D eigenvalue weighted by atomic mass is 10.2. The summed E-state index contributed by atoms with van der Waals surface area (Å²) in [4.78, 5) is 28.7. The predicted octanol–water partition coefficient (Wildman–Crippen LogP) is 5.10. The molecule has 2 N–H and O–H groups in total. The average Bonchev–Trinajstić information content (AvgIpc) is 3.39. The van der Waals surface area contributed by atoms with Gasteiger partial charge in [0.05, 0.1) is 21.5 Å². The second-order valence-electron chi connectivity index (χ2n) is 6.49. The summed E-state index contributed by atoms with van der Waals surface area (Å²) in [5, 5.41) is 6.66. The van der Waals surface area contributed by atoms with E-state index in [1.165, 1.54) is 11.0 Å². The number of furan rings is 1. The molecule has 2 aromatic carbocycles. The standard InChI is InChI=1S/C22H19N3O3S/c26-20(8-3-9-21-25-17-5-1-2-7-19(17)29-21)23-15-10-12-16(13-11-15)24-22(27)18-6-4-14-28-18/h1-2,4-7,10-14H,3,8-9H2,(H,23,26)(H,24,27). The van der Waals surface area contributed by atoms with Crippen molar-refractivity contribution in [2.24, 2.45) is 0 Å². The number of rotatable bonds is 7. The van der Waals surface area contributed by atoms with E-state index in [1.807, 2.05) is 18.2 Å². The van der Waals surface area contributed by atoms with Crippen LogP contribution in [0.25, 0.3) is 10.2 Å². The Morgan fingerprint density at radius 1 is 0.931 bits per heavy atom. The maximum Gasteiger partial charge on any atom is 0.291 e. The lowest BCUT2D eigenvalue weighted by Crippen LogP contribution is -2.12. The van der Waals surface area contributed by atoms with Gasteiger partial charge in [-0.15, -0.1) is 11.3 Å². The minimum Gasteiger partial charge on any atom is -0.459 e. The Morgan fingerprint density at radius 3 is 2.41 bits per heavy atom. The first-order valence-corrected chi connectivity index (χ1v) is 10.1. The molecule has 2 heterocycles. The molecule has 29 heavy (non-hydrogen) atoms. The number of aromatic nitrogens is 1. The van der Waals surface area contributed by atoms with E-state index >= 15 is 0 Å². The fraction of sp³-hybridized carbons (Fsp3) is 0.136. The monoisotopic (exact) mass is 405 g/mol. The highest BCUT2D eigenvalue weighted by atomic mass is 32.1. The number of para-hydroxylation sites is 1. The molecule has 7 heteroatoms. The normalized spacial score (nSPS) is 10.8. The van der Waals surface area contributed by atoms with Crippen LogP contribution in [0.2, 0.25) is 0 Å². The van der Waals surface area contributed by atoms with Gasteiger partial charge >= 0.3 is 0 Å². The molecule has 0 fully saturated rings. The summed E-state index contributed by atoms with van der Waals surface area (Å²) in [6.07, 6.45) is 3.39. The van der Waals surface area contributed by atoms with Crippen LogP contribution in [0, 0.1) is 0 Å². The summed E-state index contributed by atoms with van der Waals surface area (Å²) >= 11 is 1.67. The highest BCUT2D eigenvalue weighted by Gasteiger charge is 2.09. The molecule has 0 unspecified atom stereocenters. The van der Waals surface area contributed by atoms with E-state index in [0.29, 0.717) is 17.8 Å². The molecule has 0 saturated heterocycles. The lowest BCUT2D eigenvalue weighted by molar-refractivity contribution is -0.116. The van der Waals surface area contributed by atoms with Crippen molar-refractivity contribution in [3.05, 3.63) is 77.7 Å². The number of carbonyl (C=O) groups excluding carboxylic acids is 2. The predicted molar refractivity (Wildman–Crippen MR) is 114 cm³/mol. The molecule has 4 rings (SSSR count). The Labute approximate surface area is 171 Å². The van der Waals surface area contributed by atoms with Gasteiger partial charge < -0.3 is 15.1 Å². The second kappa shape index (κ2) is 8.70. The molecule has 0 saturated carbocycles. The van der Waals surface area contributed by atoms with Crippen molar-refractivity contribution in [2.75, 3.05) is 10.6 Å². The summed E-state index contributed by atoms with van der Waals surface area (Å²) in [5.41, 5.74) is 2.32. The number of thiazole rings is 1. The molecule has 0 bridgehead atoms. The third-order valence-electron chi connectivity index (χ3n) is 4.30. The van der Waals surface area contributed by atoms with Gasteiger partial charge in [-0.2, -0.15) is 0 Å². The van der Waals surface area contributed by atoms with Gasteiger partial charge in [-0.05, 0) is 61.4 Å². The van der Waals surface area contributed by atoms with Gasteiger partial charge in [0.1, 0.15) is 0 Å². The van der Waals surface area contributed by atoms with Crippen LogP contribution in [0.3, 0.4) is 0 Å². The Kier molecular flexibility index (Phi) is 5.67. The van der Waals surface area contributed by atoms with Gasteiger partial charge in [0, 0.05) is 17.8 Å². The number of amides is 2. The highest BCUT2D eigenvalue weighted by molar-refractivity contribution is 7.18. The molecule has 2 aromatic heterocycles. The Bertz CT molecular complexity index is 1080. The largest absolute Gasteiger partial charge is 0.459 e. The van der Waals surface area contributed by atoms with Crippen LogP contribution in [0.5, 0.6) is 0 Å². The van der Waals surface area contributed by atoms with Gasteiger partial charge in [-0.1, -0.05) is 12.1 Å². The van der Waals surface area contributed by atoms with Crippen molar-refractivity contribution >= 4 is 44.7 Å². The van der Waals surface area contributed by atoms with Gasteiger partial charge in [0.15, 0.2) is 5.76 Å². The van der Waals surface area contributed by atoms with E-state index < -0.39 is 0 Å². The molecule has 0 aliphatic rings. The van der Waals surface area contributed by atoms with Crippen LogP contribution in [0.4, 0.5) is 11.4 Å². The highest BCUT2D eigenvalue weighted by Crippen LogP contribution is 2.23. The smallest absolute Gasteiger partial charge is 0.291 e. The minimum absolute atomic E-state index is 0.0431. The molecular weight excluding hydrogens is 386 g/mol. The Hall–Kier alpha value is -3.45. The summed E-state index contributed by atoms with van der Waals surface area (Å²) < 4.78 is 6.23. The van der Waals surface area contributed by atoms with Crippen molar-refractivity contribution in [1.82, 2.24) is 4.98 Å². The number of carbonyl (C=O) groups is 2. The summed E-state index contributed by atoms with van der Waals surface area (Å²) in [6.45, 7) is 0. The number of aryl methyl sites for hydroxylation is 1. The molecular formula is C22H19N3O3S. The van der Waals surface area contributed by atoms with Crippen molar-refractivity contribution < 1.29 is 14.0 Å². The number of benzene rings is 2. The van der Waals surface area contributed by atoms with E-state index in [1.54, 1.807) is 47.7 Å². The Morgan fingerprint density at radius 2 is 1.69 bits per heavy atom. The molecule has 146 valence electrons. The lowest BCUT2D eigenvalue weighted by Gasteiger charge is -2.07. The molecule has 0 aliphatic carbocycles. The molecule has 2 amide bonds. The summed E-state index contributed by atoms with van der Waals surface area (Å²) in [7, 11) is 0. The van der Waals surface area contributed by atoms with Gasteiger partial charge in [-0.25, -0.2) is 4.98 Å². The zero-order valence-electron chi connectivity index (χ0n) is 15.6. The van der Waals surface area contributed by atoms with Gasteiger partial charge in [-0.3, -0.25) is 9.59 Å². The van der Waals surface area contributed by atoms with Crippen LogP contribution in [0.15, 0.2) is 71.3 Å². The first kappa shape index (κ1) is 18.9.